The smallest absolute Gasteiger partial charge is 0.232 e. The number of methoxy groups -OCH3 is 1. The number of nitrogens with zero attached hydrogens (tertiary/aromatic N) is 6. The number of fused-ring (bicyclic) bond motifs is 1. The van der Waals surface area contributed by atoms with Crippen molar-refractivity contribution < 1.29 is 14.3 Å². The molecule has 5 heterocycles. The number of pyridine rings is 1. The van der Waals surface area contributed by atoms with Gasteiger partial charge in [0, 0.05) is 63.5 Å². The van der Waals surface area contributed by atoms with E-state index in [-0.39, 0.29) is 5.92 Å². The second kappa shape index (κ2) is 10.9. The average Bonchev–Trinajstić information content (AvgIpc) is 3.37. The highest BCUT2D eigenvalue weighted by molar-refractivity contribution is 6.32. The van der Waals surface area contributed by atoms with Gasteiger partial charge in [0.2, 0.25) is 11.8 Å². The van der Waals surface area contributed by atoms with Crippen LogP contribution in [0.3, 0.4) is 0 Å². The number of likely N-dealkylation sites (tertiary alicyclic amines) is 1. The van der Waals surface area contributed by atoms with E-state index in [0.717, 1.165) is 68.7 Å². The zero-order valence-corrected chi connectivity index (χ0v) is 20.8. The number of rotatable bonds is 6. The van der Waals surface area contributed by atoms with Crippen LogP contribution in [0.1, 0.15) is 36.9 Å². The highest BCUT2D eigenvalue weighted by Crippen LogP contribution is 2.32. The van der Waals surface area contributed by atoms with Crippen LogP contribution in [0, 0.1) is 11.8 Å². The maximum Gasteiger partial charge on any atom is 0.232 e. The lowest BCUT2D eigenvalue weighted by Crippen LogP contribution is -2.37. The number of aliphatic imine (C=N–C) groups is 1. The summed E-state index contributed by atoms with van der Waals surface area (Å²) in [5.41, 5.74) is 3.00. The van der Waals surface area contributed by atoms with E-state index in [1.54, 1.807) is 19.6 Å². The number of amides is 1. The molecule has 2 aromatic heterocycles. The van der Waals surface area contributed by atoms with Crippen molar-refractivity contribution in [3.63, 3.8) is 0 Å². The second-order valence-electron chi connectivity index (χ2n) is 9.35. The number of carbonyl (C=O) groups is 1. The summed E-state index contributed by atoms with van der Waals surface area (Å²) in [5, 5.41) is 0.485. The summed E-state index contributed by atoms with van der Waals surface area (Å²) in [6.07, 6.45) is 9.66. The molecular weight excluding hydrogens is 468 g/mol. The first kappa shape index (κ1) is 23.9. The fraction of sp³-hybridized carbons (Fsp3) is 0.560. The molecule has 3 aliphatic rings. The molecule has 2 saturated heterocycles. The first-order chi connectivity index (χ1) is 17.1. The van der Waals surface area contributed by atoms with E-state index in [0.29, 0.717) is 48.3 Å². The van der Waals surface area contributed by atoms with Crippen molar-refractivity contribution in [2.75, 3.05) is 44.9 Å². The SMILES string of the molecule is COc1ncc(N2CCc3ncnc(N=CCC4CCN(C(=O)C5CCOCC5)C4)c3C2)cc1Cl. The van der Waals surface area contributed by atoms with Crippen molar-refractivity contribution in [1.29, 1.82) is 0 Å². The van der Waals surface area contributed by atoms with Crippen LogP contribution in [0.5, 0.6) is 5.88 Å². The van der Waals surface area contributed by atoms with Crippen molar-refractivity contribution in [2.45, 2.75) is 38.6 Å². The van der Waals surface area contributed by atoms with Gasteiger partial charge in [0.25, 0.3) is 0 Å². The van der Waals surface area contributed by atoms with Crippen molar-refractivity contribution in [3.05, 3.63) is 34.9 Å². The monoisotopic (exact) mass is 498 g/mol. The van der Waals surface area contributed by atoms with Crippen LogP contribution in [0.4, 0.5) is 11.5 Å². The lowest BCUT2D eigenvalue weighted by molar-refractivity contribution is -0.137. The first-order valence-corrected chi connectivity index (χ1v) is 12.7. The van der Waals surface area contributed by atoms with Gasteiger partial charge in [-0.15, -0.1) is 0 Å². The molecule has 5 rings (SSSR count). The van der Waals surface area contributed by atoms with Crippen molar-refractivity contribution in [1.82, 2.24) is 19.9 Å². The fourth-order valence-corrected chi connectivity index (χ4v) is 5.35. The van der Waals surface area contributed by atoms with Crippen LogP contribution in [0.15, 0.2) is 23.6 Å². The number of anilines is 1. The van der Waals surface area contributed by atoms with E-state index in [2.05, 4.69) is 19.9 Å². The molecule has 2 aromatic rings. The Balaban J connectivity index is 1.21. The predicted molar refractivity (Wildman–Crippen MR) is 134 cm³/mol. The molecule has 3 aliphatic heterocycles. The summed E-state index contributed by atoms with van der Waals surface area (Å²) in [5.74, 6) is 1.99. The second-order valence-corrected chi connectivity index (χ2v) is 9.76. The molecule has 1 amide bonds. The van der Waals surface area contributed by atoms with Gasteiger partial charge in [-0.1, -0.05) is 11.6 Å². The van der Waals surface area contributed by atoms with Gasteiger partial charge in [0.05, 0.1) is 24.7 Å². The Kier molecular flexibility index (Phi) is 7.43. The van der Waals surface area contributed by atoms with Crippen LogP contribution in [-0.4, -0.2) is 71.9 Å². The summed E-state index contributed by atoms with van der Waals surface area (Å²) in [7, 11) is 1.56. The van der Waals surface area contributed by atoms with Crippen LogP contribution >= 0.6 is 11.6 Å². The molecule has 0 N–H and O–H groups in total. The van der Waals surface area contributed by atoms with Gasteiger partial charge in [-0.25, -0.2) is 19.9 Å². The summed E-state index contributed by atoms with van der Waals surface area (Å²) in [6.45, 7) is 4.50. The molecule has 1 atom stereocenters. The molecule has 35 heavy (non-hydrogen) atoms. The molecule has 186 valence electrons. The number of ether oxygens (including phenoxy) is 2. The normalized spacial score (nSPS) is 20.9. The fourth-order valence-electron chi connectivity index (χ4n) is 5.11. The molecular formula is C25H31ClN6O3. The molecule has 10 heteroatoms. The van der Waals surface area contributed by atoms with E-state index < -0.39 is 0 Å². The molecule has 0 spiro atoms. The lowest BCUT2D eigenvalue weighted by Gasteiger charge is -2.30. The van der Waals surface area contributed by atoms with E-state index >= 15 is 0 Å². The molecule has 0 aromatic carbocycles. The van der Waals surface area contributed by atoms with Gasteiger partial charge in [-0.05, 0) is 37.7 Å². The number of aromatic nitrogens is 3. The minimum Gasteiger partial charge on any atom is -0.480 e. The zero-order valence-electron chi connectivity index (χ0n) is 20.0. The van der Waals surface area contributed by atoms with Crippen LogP contribution in [0.2, 0.25) is 5.02 Å². The molecule has 2 fully saturated rings. The minimum atomic E-state index is 0.127. The average molecular weight is 499 g/mol. The van der Waals surface area contributed by atoms with Gasteiger partial charge >= 0.3 is 0 Å². The Hall–Kier alpha value is -2.78. The van der Waals surface area contributed by atoms with Gasteiger partial charge in [0.1, 0.15) is 11.3 Å². The molecule has 0 aliphatic carbocycles. The highest BCUT2D eigenvalue weighted by atomic mass is 35.5. The zero-order chi connectivity index (χ0) is 24.2. The Labute approximate surface area is 210 Å². The summed E-state index contributed by atoms with van der Waals surface area (Å²) < 4.78 is 10.6. The Morgan fingerprint density at radius 1 is 1.26 bits per heavy atom. The number of halogens is 1. The topological polar surface area (TPSA) is 93.0 Å². The van der Waals surface area contributed by atoms with Crippen LogP contribution in [0.25, 0.3) is 0 Å². The summed E-state index contributed by atoms with van der Waals surface area (Å²) in [4.78, 5) is 35.0. The number of hydrogen-bond donors (Lipinski definition) is 0. The maximum absolute atomic E-state index is 12.8. The third-order valence-corrected chi connectivity index (χ3v) is 7.42. The maximum atomic E-state index is 12.8. The van der Waals surface area contributed by atoms with E-state index in [1.807, 2.05) is 17.2 Å². The summed E-state index contributed by atoms with van der Waals surface area (Å²) in [6, 6.07) is 1.87. The van der Waals surface area contributed by atoms with E-state index in [4.69, 9.17) is 26.1 Å². The standard InChI is InChI=1S/C25H31ClN6O3/c1-34-24-21(26)12-19(13-28-24)31-9-4-22-20(15-31)23(30-16-29-22)27-7-2-17-3-8-32(14-17)25(33)18-5-10-35-11-6-18/h7,12-13,16-18H,2-6,8-11,14-15H2,1H3. The Morgan fingerprint density at radius 3 is 2.91 bits per heavy atom. The van der Waals surface area contributed by atoms with Crippen molar-refractivity contribution in [2.24, 2.45) is 16.8 Å². The minimum absolute atomic E-state index is 0.127. The highest BCUT2D eigenvalue weighted by Gasteiger charge is 2.31. The predicted octanol–water partition coefficient (Wildman–Crippen LogP) is 3.46. The van der Waals surface area contributed by atoms with Gasteiger partial charge in [0.15, 0.2) is 5.82 Å². The van der Waals surface area contributed by atoms with E-state index in [9.17, 15) is 4.79 Å². The number of carbonyl (C=O) groups excluding carboxylic acids is 1. The van der Waals surface area contributed by atoms with Crippen molar-refractivity contribution >= 4 is 35.2 Å². The largest absolute Gasteiger partial charge is 0.480 e. The van der Waals surface area contributed by atoms with Crippen LogP contribution < -0.4 is 9.64 Å². The molecule has 0 radical (unpaired) electrons. The molecule has 0 bridgehead atoms. The third-order valence-electron chi connectivity index (χ3n) is 7.15. The Morgan fingerprint density at radius 2 is 2.11 bits per heavy atom. The summed E-state index contributed by atoms with van der Waals surface area (Å²) >= 11 is 6.29. The first-order valence-electron chi connectivity index (χ1n) is 12.3. The number of hydrogen-bond acceptors (Lipinski definition) is 8. The van der Waals surface area contributed by atoms with Crippen molar-refractivity contribution in [3.8, 4) is 5.88 Å². The van der Waals surface area contributed by atoms with E-state index in [1.165, 1.54) is 0 Å². The lowest BCUT2D eigenvalue weighted by atomic mass is 9.99. The quantitative estimate of drug-likeness (QED) is 0.563. The molecule has 0 saturated carbocycles. The third kappa shape index (κ3) is 5.41. The van der Waals surface area contributed by atoms with Gasteiger partial charge in [-0.3, -0.25) is 4.79 Å². The van der Waals surface area contributed by atoms with Crippen LogP contribution in [-0.2, 0) is 22.5 Å². The Bertz CT molecular complexity index is 1090. The van der Waals surface area contributed by atoms with Gasteiger partial charge in [-0.2, -0.15) is 0 Å². The van der Waals surface area contributed by atoms with Gasteiger partial charge < -0.3 is 19.3 Å². The molecule has 1 unspecified atom stereocenters. The molecule has 9 nitrogen and oxygen atoms in total.